The van der Waals surface area contributed by atoms with Gasteiger partial charge in [-0.25, -0.2) is 0 Å². The molecule has 0 aromatic carbocycles. The van der Waals surface area contributed by atoms with E-state index in [1.807, 2.05) is 0 Å². The normalized spacial score (nSPS) is 41.8. The molecule has 79 valence electrons. The summed E-state index contributed by atoms with van der Waals surface area (Å²) < 4.78 is 0. The van der Waals surface area contributed by atoms with Crippen LogP contribution in [0.4, 0.5) is 0 Å². The van der Waals surface area contributed by atoms with Crippen LogP contribution in [-0.4, -0.2) is 30.1 Å². The number of nitrogens with one attached hydrogen (secondary N) is 1. The maximum Gasteiger partial charge on any atom is 0.0332 e. The van der Waals surface area contributed by atoms with E-state index in [9.17, 15) is 0 Å². The topological polar surface area (TPSA) is 15.3 Å². The minimum atomic E-state index is 0.541. The van der Waals surface area contributed by atoms with E-state index in [2.05, 4.69) is 53.7 Å². The summed E-state index contributed by atoms with van der Waals surface area (Å²) in [5.74, 6) is 1.32. The molecule has 2 nitrogen and oxygen atoms in total. The third-order valence-electron chi connectivity index (χ3n) is 3.73. The number of fused-ring (bicyclic) bond motifs is 3. The maximum absolute atomic E-state index is 3.93. The van der Waals surface area contributed by atoms with Crippen LogP contribution in [0.25, 0.3) is 0 Å². The average Bonchev–Trinajstić information content (AvgIpc) is 2.66. The number of rotatable bonds is 1. The van der Waals surface area contributed by atoms with Crippen LogP contribution in [0.15, 0.2) is 36.6 Å². The van der Waals surface area contributed by atoms with E-state index >= 15 is 0 Å². The number of hydrogen-bond donors (Lipinski definition) is 1. The number of allylic oxidation sites excluding steroid dienone is 2. The van der Waals surface area contributed by atoms with Gasteiger partial charge in [0.05, 0.1) is 0 Å². The van der Waals surface area contributed by atoms with Crippen molar-refractivity contribution in [3.05, 3.63) is 43.5 Å². The Kier molecular flexibility index (Phi) is 2.17. The largest absolute Gasteiger partial charge is 0.376 e. The van der Waals surface area contributed by atoms with Gasteiger partial charge < -0.3 is 10.2 Å². The van der Waals surface area contributed by atoms with Gasteiger partial charge >= 0.3 is 0 Å². The minimum absolute atomic E-state index is 0.541. The van der Waals surface area contributed by atoms with Crippen LogP contribution in [0, 0.1) is 18.8 Å². The molecule has 1 radical (unpaired) electrons. The fraction of sp³-hybridized carbons (Fsp3) is 0.462. The van der Waals surface area contributed by atoms with Crippen molar-refractivity contribution < 1.29 is 0 Å². The quantitative estimate of drug-likeness (QED) is 0.689. The first kappa shape index (κ1) is 9.22. The second-order valence-electron chi connectivity index (χ2n) is 4.56. The first-order chi connectivity index (χ1) is 7.38. The van der Waals surface area contributed by atoms with Gasteiger partial charge in [0, 0.05) is 37.0 Å². The van der Waals surface area contributed by atoms with E-state index in [1.54, 1.807) is 0 Å². The average molecular weight is 201 g/mol. The molecule has 0 bridgehead atoms. The molecule has 0 saturated carbocycles. The van der Waals surface area contributed by atoms with Gasteiger partial charge in [0.2, 0.25) is 0 Å². The van der Waals surface area contributed by atoms with Crippen LogP contribution >= 0.6 is 0 Å². The van der Waals surface area contributed by atoms with Crippen molar-refractivity contribution in [2.45, 2.75) is 12.1 Å². The van der Waals surface area contributed by atoms with Gasteiger partial charge in [-0.05, 0) is 13.1 Å². The van der Waals surface area contributed by atoms with Gasteiger partial charge in [0.1, 0.15) is 0 Å². The Hall–Kier alpha value is -1.02. The highest BCUT2D eigenvalue weighted by atomic mass is 15.2. The molecule has 15 heavy (non-hydrogen) atoms. The summed E-state index contributed by atoms with van der Waals surface area (Å²) in [6, 6.07) is 1.14. The fourth-order valence-corrected chi connectivity index (χ4v) is 2.92. The lowest BCUT2D eigenvalue weighted by molar-refractivity contribution is 0.305. The predicted octanol–water partition coefficient (Wildman–Crippen LogP) is 1.35. The Balaban J connectivity index is 1.83. The highest BCUT2D eigenvalue weighted by molar-refractivity contribution is 5.25. The van der Waals surface area contributed by atoms with E-state index < -0.39 is 0 Å². The minimum Gasteiger partial charge on any atom is -0.376 e. The van der Waals surface area contributed by atoms with E-state index in [1.165, 1.54) is 0 Å². The molecule has 0 aromatic heterocycles. The Bertz CT molecular complexity index is 329. The highest BCUT2D eigenvalue weighted by Crippen LogP contribution is 2.34. The van der Waals surface area contributed by atoms with E-state index in [0.717, 1.165) is 13.1 Å². The zero-order chi connectivity index (χ0) is 10.3. The summed E-state index contributed by atoms with van der Waals surface area (Å²) >= 11 is 0. The Morgan fingerprint density at radius 2 is 2.07 bits per heavy atom. The molecule has 2 heteroatoms. The van der Waals surface area contributed by atoms with Gasteiger partial charge in [-0.15, -0.1) is 0 Å². The van der Waals surface area contributed by atoms with Gasteiger partial charge in [-0.2, -0.15) is 0 Å². The van der Waals surface area contributed by atoms with Gasteiger partial charge in [-0.1, -0.05) is 30.4 Å². The summed E-state index contributed by atoms with van der Waals surface area (Å²) in [6.45, 7) is 5.89. The molecule has 3 aliphatic rings. The third-order valence-corrected chi connectivity index (χ3v) is 3.73. The van der Waals surface area contributed by atoms with Gasteiger partial charge in [0.15, 0.2) is 0 Å². The monoisotopic (exact) mass is 201 g/mol. The number of nitrogens with zero attached hydrogens (tertiary/aromatic N) is 1. The van der Waals surface area contributed by atoms with Crippen LogP contribution in [0.2, 0.25) is 0 Å². The SMILES string of the molecule is [CH2]CN1C=CC2C(C1)NC1C=CC=CC12. The molecule has 4 atom stereocenters. The fourth-order valence-electron chi connectivity index (χ4n) is 2.92. The van der Waals surface area contributed by atoms with Crippen LogP contribution in [0.3, 0.4) is 0 Å². The molecular weight excluding hydrogens is 184 g/mol. The molecule has 1 fully saturated rings. The highest BCUT2D eigenvalue weighted by Gasteiger charge is 2.41. The second kappa shape index (κ2) is 3.53. The molecule has 1 N–H and O–H groups in total. The Labute approximate surface area is 91.3 Å². The molecule has 1 saturated heterocycles. The molecular formula is C13H17N2. The van der Waals surface area contributed by atoms with Crippen molar-refractivity contribution in [1.29, 1.82) is 0 Å². The van der Waals surface area contributed by atoms with Crippen molar-refractivity contribution in [3.63, 3.8) is 0 Å². The van der Waals surface area contributed by atoms with Crippen LogP contribution < -0.4 is 5.32 Å². The van der Waals surface area contributed by atoms with E-state index in [0.29, 0.717) is 23.9 Å². The molecule has 0 spiro atoms. The van der Waals surface area contributed by atoms with Crippen LogP contribution in [-0.2, 0) is 0 Å². The summed E-state index contributed by atoms with van der Waals surface area (Å²) in [7, 11) is 0. The zero-order valence-corrected chi connectivity index (χ0v) is 8.84. The lowest BCUT2D eigenvalue weighted by atomic mass is 9.83. The Morgan fingerprint density at radius 1 is 1.20 bits per heavy atom. The van der Waals surface area contributed by atoms with Crippen molar-refractivity contribution in [3.8, 4) is 0 Å². The van der Waals surface area contributed by atoms with E-state index in [4.69, 9.17) is 0 Å². The third kappa shape index (κ3) is 1.44. The van der Waals surface area contributed by atoms with Crippen molar-refractivity contribution >= 4 is 0 Å². The molecule has 1 aliphatic carbocycles. The molecule has 2 aliphatic heterocycles. The first-order valence-corrected chi connectivity index (χ1v) is 5.71. The lowest BCUT2D eigenvalue weighted by Gasteiger charge is -2.31. The molecule has 2 heterocycles. The van der Waals surface area contributed by atoms with Crippen LogP contribution in [0.1, 0.15) is 0 Å². The summed E-state index contributed by atoms with van der Waals surface area (Å²) in [6.07, 6.45) is 13.5. The smallest absolute Gasteiger partial charge is 0.0332 e. The van der Waals surface area contributed by atoms with E-state index in [-0.39, 0.29) is 0 Å². The molecule has 4 unspecified atom stereocenters. The summed E-state index contributed by atoms with van der Waals surface area (Å²) in [5.41, 5.74) is 0. The van der Waals surface area contributed by atoms with Crippen molar-refractivity contribution in [2.75, 3.05) is 13.1 Å². The van der Waals surface area contributed by atoms with Crippen molar-refractivity contribution in [2.24, 2.45) is 11.8 Å². The maximum atomic E-state index is 3.93. The number of hydrogen-bond acceptors (Lipinski definition) is 2. The lowest BCUT2D eigenvalue weighted by Crippen LogP contribution is -2.42. The zero-order valence-electron chi connectivity index (χ0n) is 8.84. The molecule has 3 rings (SSSR count). The van der Waals surface area contributed by atoms with Gasteiger partial charge in [0.25, 0.3) is 0 Å². The first-order valence-electron chi connectivity index (χ1n) is 5.71. The van der Waals surface area contributed by atoms with Crippen LogP contribution in [0.5, 0.6) is 0 Å². The summed E-state index contributed by atoms with van der Waals surface area (Å²) in [4.78, 5) is 2.28. The molecule has 0 aromatic rings. The predicted molar refractivity (Wildman–Crippen MR) is 62.0 cm³/mol. The summed E-state index contributed by atoms with van der Waals surface area (Å²) in [5, 5.41) is 3.70. The standard InChI is InChI=1S/C13H17N2/c1-2-15-8-7-11-10-5-3-4-6-12(10)14-13(11)9-15/h3-8,10-14H,1-2,9H2. The van der Waals surface area contributed by atoms with Gasteiger partial charge in [-0.3, -0.25) is 0 Å². The second-order valence-corrected chi connectivity index (χ2v) is 4.56. The Morgan fingerprint density at radius 3 is 2.93 bits per heavy atom. The molecule has 0 amide bonds. The van der Waals surface area contributed by atoms with Crippen molar-refractivity contribution in [1.82, 2.24) is 10.2 Å².